The van der Waals surface area contributed by atoms with Crippen molar-refractivity contribution in [2.24, 2.45) is 0 Å². The minimum absolute atomic E-state index is 0.149. The highest BCUT2D eigenvalue weighted by Crippen LogP contribution is 2.38. The van der Waals surface area contributed by atoms with E-state index in [0.29, 0.717) is 5.69 Å². The first kappa shape index (κ1) is 19.8. The van der Waals surface area contributed by atoms with Crippen LogP contribution in [0.25, 0.3) is 0 Å². The minimum atomic E-state index is -0.551. The van der Waals surface area contributed by atoms with Crippen LogP contribution in [0, 0.1) is 10.1 Å². The topological polar surface area (TPSA) is 92.5 Å². The number of non-ortho nitro benzene ring substituents is 1. The molecule has 150 valence electrons. The lowest BCUT2D eigenvalue weighted by atomic mass is 9.95. The summed E-state index contributed by atoms with van der Waals surface area (Å²) in [6.07, 6.45) is 0. The minimum Gasteiger partial charge on any atom is -0.324 e. The van der Waals surface area contributed by atoms with Crippen molar-refractivity contribution in [1.82, 2.24) is 4.90 Å². The first-order valence-electron chi connectivity index (χ1n) is 9.14. The van der Waals surface area contributed by atoms with Gasteiger partial charge >= 0.3 is 0 Å². The molecular formula is C22H16BrN3O4. The van der Waals surface area contributed by atoms with Crippen molar-refractivity contribution in [3.63, 3.8) is 0 Å². The Hall–Kier alpha value is -3.52. The summed E-state index contributed by atoms with van der Waals surface area (Å²) in [5.74, 6) is -0.800. The van der Waals surface area contributed by atoms with Gasteiger partial charge in [-0.2, -0.15) is 0 Å². The van der Waals surface area contributed by atoms with Crippen LogP contribution in [-0.4, -0.2) is 28.2 Å². The molecule has 0 aliphatic carbocycles. The van der Waals surface area contributed by atoms with Crippen molar-refractivity contribution in [3.8, 4) is 0 Å². The molecule has 0 saturated heterocycles. The Morgan fingerprint density at radius 3 is 2.57 bits per heavy atom. The van der Waals surface area contributed by atoms with E-state index < -0.39 is 16.9 Å². The quantitative estimate of drug-likeness (QED) is 0.453. The Morgan fingerprint density at radius 1 is 1.07 bits per heavy atom. The Labute approximate surface area is 180 Å². The van der Waals surface area contributed by atoms with E-state index in [1.165, 1.54) is 29.2 Å². The van der Waals surface area contributed by atoms with Gasteiger partial charge in [0, 0.05) is 33.4 Å². The summed E-state index contributed by atoms with van der Waals surface area (Å²) in [5.41, 5.74) is 2.16. The maximum absolute atomic E-state index is 13.5. The summed E-state index contributed by atoms with van der Waals surface area (Å²) in [7, 11) is 0. The number of hydrogen-bond donors (Lipinski definition) is 1. The number of nitro groups is 1. The average Bonchev–Trinajstić information content (AvgIpc) is 2.89. The largest absolute Gasteiger partial charge is 0.324 e. The third kappa shape index (κ3) is 3.81. The number of fused-ring (bicyclic) bond motifs is 1. The van der Waals surface area contributed by atoms with Crippen molar-refractivity contribution >= 4 is 39.1 Å². The zero-order chi connectivity index (χ0) is 21.3. The molecule has 3 aromatic rings. The highest BCUT2D eigenvalue weighted by Gasteiger charge is 2.34. The molecule has 0 bridgehead atoms. The van der Waals surface area contributed by atoms with Gasteiger partial charge in [0.1, 0.15) is 6.54 Å². The van der Waals surface area contributed by atoms with Gasteiger partial charge in [0.05, 0.1) is 11.0 Å². The molecule has 8 heteroatoms. The Kier molecular flexibility index (Phi) is 5.33. The second-order valence-electron chi connectivity index (χ2n) is 6.83. The fourth-order valence-corrected chi connectivity index (χ4v) is 3.96. The van der Waals surface area contributed by atoms with Crippen LogP contribution in [0.4, 0.5) is 11.4 Å². The molecule has 0 radical (unpaired) electrons. The lowest BCUT2D eigenvalue weighted by Crippen LogP contribution is -2.39. The van der Waals surface area contributed by atoms with Crippen LogP contribution in [0.5, 0.6) is 0 Å². The van der Waals surface area contributed by atoms with Gasteiger partial charge < -0.3 is 10.2 Å². The summed E-state index contributed by atoms with van der Waals surface area (Å²) in [6, 6.07) is 19.8. The van der Waals surface area contributed by atoms with E-state index in [4.69, 9.17) is 0 Å². The molecule has 0 saturated carbocycles. The van der Waals surface area contributed by atoms with E-state index in [1.807, 2.05) is 42.5 Å². The number of anilines is 1. The van der Waals surface area contributed by atoms with Gasteiger partial charge in [0.2, 0.25) is 5.91 Å². The van der Waals surface area contributed by atoms with Gasteiger partial charge in [-0.15, -0.1) is 0 Å². The number of nitrogens with zero attached hydrogens (tertiary/aromatic N) is 2. The lowest BCUT2D eigenvalue weighted by Gasteiger charge is -2.30. The van der Waals surface area contributed by atoms with Crippen molar-refractivity contribution in [3.05, 3.63) is 104 Å². The molecule has 1 N–H and O–H groups in total. The predicted molar refractivity (Wildman–Crippen MR) is 115 cm³/mol. The molecule has 2 amide bonds. The number of carbonyl (C=O) groups excluding carboxylic acids is 2. The standard InChI is InChI=1S/C22H16BrN3O4/c23-16-9-10-19-18(12-16)21(14-5-2-1-3-6-14)25(13-20(27)24-19)22(28)15-7-4-8-17(11-15)26(29)30/h1-12,21H,13H2,(H,24,27)/t21-/m1/s1. The van der Waals surface area contributed by atoms with Crippen molar-refractivity contribution < 1.29 is 14.5 Å². The van der Waals surface area contributed by atoms with Gasteiger partial charge in [0.25, 0.3) is 11.6 Å². The number of rotatable bonds is 3. The van der Waals surface area contributed by atoms with Gasteiger partial charge in [-0.1, -0.05) is 52.3 Å². The van der Waals surface area contributed by atoms with E-state index in [9.17, 15) is 19.7 Å². The second kappa shape index (κ2) is 8.08. The molecule has 1 atom stereocenters. The SMILES string of the molecule is O=C1CN(C(=O)c2cccc([N+](=O)[O-])c2)[C@H](c2ccccc2)c2cc(Br)ccc2N1. The Morgan fingerprint density at radius 2 is 1.83 bits per heavy atom. The molecule has 1 aliphatic heterocycles. The van der Waals surface area contributed by atoms with Gasteiger partial charge in [-0.3, -0.25) is 19.7 Å². The van der Waals surface area contributed by atoms with Crippen molar-refractivity contribution in [2.45, 2.75) is 6.04 Å². The molecule has 7 nitrogen and oxygen atoms in total. The zero-order valence-electron chi connectivity index (χ0n) is 15.6. The second-order valence-corrected chi connectivity index (χ2v) is 7.75. The smallest absolute Gasteiger partial charge is 0.270 e. The normalized spacial score (nSPS) is 15.7. The molecular weight excluding hydrogens is 450 g/mol. The third-order valence-electron chi connectivity index (χ3n) is 4.89. The number of carbonyl (C=O) groups is 2. The highest BCUT2D eigenvalue weighted by atomic mass is 79.9. The van der Waals surface area contributed by atoms with Crippen LogP contribution >= 0.6 is 15.9 Å². The van der Waals surface area contributed by atoms with Gasteiger partial charge in [0.15, 0.2) is 0 Å². The lowest BCUT2D eigenvalue weighted by molar-refractivity contribution is -0.384. The molecule has 1 aliphatic rings. The number of nitro benzene ring substituents is 1. The maximum atomic E-state index is 13.5. The Bertz CT molecular complexity index is 1150. The number of nitrogens with one attached hydrogen (secondary N) is 1. The van der Waals surface area contributed by atoms with Crippen LogP contribution in [0.3, 0.4) is 0 Å². The number of benzene rings is 3. The van der Waals surface area contributed by atoms with Gasteiger partial charge in [-0.25, -0.2) is 0 Å². The fraction of sp³-hybridized carbons (Fsp3) is 0.0909. The van der Waals surface area contributed by atoms with E-state index in [0.717, 1.165) is 15.6 Å². The molecule has 30 heavy (non-hydrogen) atoms. The molecule has 0 spiro atoms. The summed E-state index contributed by atoms with van der Waals surface area (Å²) in [5, 5.41) is 14.0. The van der Waals surface area contributed by atoms with Crippen LogP contribution in [-0.2, 0) is 4.79 Å². The molecule has 0 unspecified atom stereocenters. The van der Waals surface area contributed by atoms with E-state index in [-0.39, 0.29) is 23.7 Å². The monoisotopic (exact) mass is 465 g/mol. The van der Waals surface area contributed by atoms with Crippen molar-refractivity contribution in [1.29, 1.82) is 0 Å². The van der Waals surface area contributed by atoms with Gasteiger partial charge in [-0.05, 0) is 29.8 Å². The van der Waals surface area contributed by atoms with Crippen LogP contribution < -0.4 is 5.32 Å². The maximum Gasteiger partial charge on any atom is 0.270 e. The first-order chi connectivity index (χ1) is 14.4. The van der Waals surface area contributed by atoms with Crippen LogP contribution in [0.15, 0.2) is 77.3 Å². The molecule has 1 heterocycles. The predicted octanol–water partition coefficient (Wildman–Crippen LogP) is 4.54. The average molecular weight is 466 g/mol. The Balaban J connectivity index is 1.87. The van der Waals surface area contributed by atoms with Crippen LogP contribution in [0.1, 0.15) is 27.5 Å². The van der Waals surface area contributed by atoms with Crippen molar-refractivity contribution in [2.75, 3.05) is 11.9 Å². The van der Waals surface area contributed by atoms with E-state index >= 15 is 0 Å². The molecule has 4 rings (SSSR count). The van der Waals surface area contributed by atoms with E-state index in [2.05, 4.69) is 21.2 Å². The summed E-state index contributed by atoms with van der Waals surface area (Å²) >= 11 is 3.47. The van der Waals surface area contributed by atoms with Crippen LogP contribution in [0.2, 0.25) is 0 Å². The highest BCUT2D eigenvalue weighted by molar-refractivity contribution is 9.10. The summed E-state index contributed by atoms with van der Waals surface area (Å²) < 4.78 is 0.807. The molecule has 3 aromatic carbocycles. The fourth-order valence-electron chi connectivity index (χ4n) is 3.58. The number of amides is 2. The number of hydrogen-bond acceptors (Lipinski definition) is 4. The summed E-state index contributed by atoms with van der Waals surface area (Å²) in [4.78, 5) is 38.1. The summed E-state index contributed by atoms with van der Waals surface area (Å²) in [6.45, 7) is -0.187. The molecule has 0 fully saturated rings. The molecule has 0 aromatic heterocycles. The zero-order valence-corrected chi connectivity index (χ0v) is 17.2. The van der Waals surface area contributed by atoms with E-state index in [1.54, 1.807) is 6.07 Å². The first-order valence-corrected chi connectivity index (χ1v) is 9.93. The third-order valence-corrected chi connectivity index (χ3v) is 5.38. The number of halogens is 1.